The molecule has 128 valence electrons. The molecule has 0 aliphatic rings. The number of hydrogen-bond donors (Lipinski definition) is 1. The van der Waals surface area contributed by atoms with E-state index in [1.807, 2.05) is 24.3 Å². The van der Waals surface area contributed by atoms with Crippen LogP contribution in [0.15, 0.2) is 42.5 Å². The molecule has 0 bridgehead atoms. The average molecular weight is 366 g/mol. The molecular weight excluding hydrogens is 345 g/mol. The normalized spacial score (nSPS) is 13.2. The Labute approximate surface area is 152 Å². The second-order valence-electron chi connectivity index (χ2n) is 5.72. The molecule has 2 unspecified atom stereocenters. The van der Waals surface area contributed by atoms with Crippen LogP contribution in [0.5, 0.6) is 5.75 Å². The molecule has 0 spiro atoms. The predicted molar refractivity (Wildman–Crippen MR) is 100 cm³/mol. The molecule has 2 rings (SSSR count). The zero-order chi connectivity index (χ0) is 17.7. The molecule has 3 nitrogen and oxygen atoms in total. The van der Waals surface area contributed by atoms with Crippen LogP contribution in [0.25, 0.3) is 0 Å². The van der Waals surface area contributed by atoms with Crippen molar-refractivity contribution in [3.05, 3.63) is 58.1 Å². The number of halogens is 2. The van der Waals surface area contributed by atoms with Crippen LogP contribution in [0.3, 0.4) is 0 Å². The van der Waals surface area contributed by atoms with Crippen molar-refractivity contribution in [2.75, 3.05) is 5.32 Å². The van der Waals surface area contributed by atoms with Gasteiger partial charge in [0, 0.05) is 5.02 Å². The van der Waals surface area contributed by atoms with Gasteiger partial charge in [0.15, 0.2) is 6.10 Å². The van der Waals surface area contributed by atoms with Crippen LogP contribution < -0.4 is 10.1 Å². The first-order valence-corrected chi connectivity index (χ1v) is 8.69. The summed E-state index contributed by atoms with van der Waals surface area (Å²) in [5.41, 5.74) is 1.61. The number of anilines is 1. The Hall–Kier alpha value is -1.71. The number of carbonyl (C=O) groups is 1. The lowest BCUT2D eigenvalue weighted by atomic mass is 9.98. The third-order valence-electron chi connectivity index (χ3n) is 3.92. The van der Waals surface area contributed by atoms with Gasteiger partial charge < -0.3 is 10.1 Å². The third-order valence-corrected chi connectivity index (χ3v) is 4.47. The van der Waals surface area contributed by atoms with Crippen LogP contribution >= 0.6 is 23.2 Å². The van der Waals surface area contributed by atoms with E-state index >= 15 is 0 Å². The van der Waals surface area contributed by atoms with Gasteiger partial charge in [-0.05, 0) is 49.1 Å². The van der Waals surface area contributed by atoms with Gasteiger partial charge in [0.05, 0.1) is 10.7 Å². The highest BCUT2D eigenvalue weighted by atomic mass is 35.5. The van der Waals surface area contributed by atoms with Gasteiger partial charge in [0.2, 0.25) is 0 Å². The molecule has 0 aliphatic heterocycles. The van der Waals surface area contributed by atoms with Crippen molar-refractivity contribution in [3.8, 4) is 5.75 Å². The highest BCUT2D eigenvalue weighted by Crippen LogP contribution is 2.30. The molecule has 1 N–H and O–H groups in total. The molecule has 0 saturated carbocycles. The molecule has 0 fully saturated rings. The lowest BCUT2D eigenvalue weighted by Crippen LogP contribution is -2.30. The van der Waals surface area contributed by atoms with E-state index in [2.05, 4.69) is 19.2 Å². The molecule has 24 heavy (non-hydrogen) atoms. The number of para-hydroxylation sites is 1. The number of nitrogens with one attached hydrogen (secondary N) is 1. The average Bonchev–Trinajstić information content (AvgIpc) is 2.57. The maximum absolute atomic E-state index is 12.4. The highest BCUT2D eigenvalue weighted by molar-refractivity contribution is 6.36. The standard InChI is InChI=1S/C19H21Cl2NO2/c1-4-12(2)15-7-5-6-8-18(15)24-13(3)19(23)22-17-10-9-14(20)11-16(17)21/h5-13H,4H2,1-3H3,(H,22,23). The molecular formula is C19H21Cl2NO2. The topological polar surface area (TPSA) is 38.3 Å². The number of rotatable bonds is 6. The summed E-state index contributed by atoms with van der Waals surface area (Å²) >= 11 is 11.9. The molecule has 0 aliphatic carbocycles. The van der Waals surface area contributed by atoms with Crippen LogP contribution in [0.4, 0.5) is 5.69 Å². The lowest BCUT2D eigenvalue weighted by Gasteiger charge is -2.20. The summed E-state index contributed by atoms with van der Waals surface area (Å²) in [6, 6.07) is 12.7. The van der Waals surface area contributed by atoms with E-state index in [1.54, 1.807) is 25.1 Å². The first-order valence-electron chi connectivity index (χ1n) is 7.93. The van der Waals surface area contributed by atoms with E-state index in [1.165, 1.54) is 0 Å². The maximum Gasteiger partial charge on any atom is 0.265 e. The van der Waals surface area contributed by atoms with Gasteiger partial charge in [0.25, 0.3) is 5.91 Å². The van der Waals surface area contributed by atoms with Crippen molar-refractivity contribution >= 4 is 34.8 Å². The first-order chi connectivity index (χ1) is 11.4. The van der Waals surface area contributed by atoms with Gasteiger partial charge in [-0.15, -0.1) is 0 Å². The number of benzene rings is 2. The first kappa shape index (κ1) is 18.6. The van der Waals surface area contributed by atoms with Crippen molar-refractivity contribution in [2.45, 2.75) is 39.2 Å². The number of hydrogen-bond acceptors (Lipinski definition) is 2. The maximum atomic E-state index is 12.4. The van der Waals surface area contributed by atoms with Crippen molar-refractivity contribution in [1.29, 1.82) is 0 Å². The van der Waals surface area contributed by atoms with Gasteiger partial charge in [-0.25, -0.2) is 0 Å². The van der Waals surface area contributed by atoms with Gasteiger partial charge in [-0.1, -0.05) is 55.2 Å². The summed E-state index contributed by atoms with van der Waals surface area (Å²) < 4.78 is 5.88. The molecule has 0 heterocycles. The van der Waals surface area contributed by atoms with Crippen LogP contribution in [0.2, 0.25) is 10.0 Å². The highest BCUT2D eigenvalue weighted by Gasteiger charge is 2.18. The Kier molecular flexibility index (Phi) is 6.52. The number of ether oxygens (including phenoxy) is 1. The summed E-state index contributed by atoms with van der Waals surface area (Å²) in [6.07, 6.45) is 0.350. The van der Waals surface area contributed by atoms with Crippen molar-refractivity contribution < 1.29 is 9.53 Å². The molecule has 2 atom stereocenters. The Balaban J connectivity index is 2.09. The van der Waals surface area contributed by atoms with Crippen LogP contribution in [0.1, 0.15) is 38.7 Å². The fourth-order valence-corrected chi connectivity index (χ4v) is 2.74. The Morgan fingerprint density at radius 3 is 2.54 bits per heavy atom. The molecule has 2 aromatic carbocycles. The molecule has 0 radical (unpaired) electrons. The monoisotopic (exact) mass is 365 g/mol. The quantitative estimate of drug-likeness (QED) is 0.690. The fourth-order valence-electron chi connectivity index (χ4n) is 2.28. The van der Waals surface area contributed by atoms with E-state index in [0.29, 0.717) is 21.7 Å². The summed E-state index contributed by atoms with van der Waals surface area (Å²) in [7, 11) is 0. The zero-order valence-corrected chi connectivity index (χ0v) is 15.5. The SMILES string of the molecule is CCC(C)c1ccccc1OC(C)C(=O)Nc1ccc(Cl)cc1Cl. The van der Waals surface area contributed by atoms with E-state index in [9.17, 15) is 4.79 Å². The summed E-state index contributed by atoms with van der Waals surface area (Å²) in [6.45, 7) is 5.98. The van der Waals surface area contributed by atoms with E-state index in [0.717, 1.165) is 17.7 Å². The van der Waals surface area contributed by atoms with Crippen LogP contribution in [0, 0.1) is 0 Å². The van der Waals surface area contributed by atoms with Gasteiger partial charge >= 0.3 is 0 Å². The van der Waals surface area contributed by atoms with E-state index in [-0.39, 0.29) is 5.91 Å². The van der Waals surface area contributed by atoms with Gasteiger partial charge in [0.1, 0.15) is 5.75 Å². The van der Waals surface area contributed by atoms with E-state index in [4.69, 9.17) is 27.9 Å². The Morgan fingerprint density at radius 1 is 1.17 bits per heavy atom. The molecule has 1 amide bonds. The van der Waals surface area contributed by atoms with E-state index < -0.39 is 6.10 Å². The smallest absolute Gasteiger partial charge is 0.265 e. The van der Waals surface area contributed by atoms with Crippen LogP contribution in [-0.4, -0.2) is 12.0 Å². The third kappa shape index (κ3) is 4.65. The molecule has 5 heteroatoms. The predicted octanol–water partition coefficient (Wildman–Crippen LogP) is 5.91. The van der Waals surface area contributed by atoms with Crippen molar-refractivity contribution in [3.63, 3.8) is 0 Å². The summed E-state index contributed by atoms with van der Waals surface area (Å²) in [5.74, 6) is 0.831. The van der Waals surface area contributed by atoms with Crippen molar-refractivity contribution in [1.82, 2.24) is 0 Å². The van der Waals surface area contributed by atoms with Crippen LogP contribution in [-0.2, 0) is 4.79 Å². The fraction of sp³-hybridized carbons (Fsp3) is 0.316. The minimum atomic E-state index is -0.651. The minimum Gasteiger partial charge on any atom is -0.481 e. The number of carbonyl (C=O) groups excluding carboxylic acids is 1. The second-order valence-corrected chi connectivity index (χ2v) is 6.56. The Morgan fingerprint density at radius 2 is 1.88 bits per heavy atom. The minimum absolute atomic E-state index is 0.266. The largest absolute Gasteiger partial charge is 0.481 e. The zero-order valence-electron chi connectivity index (χ0n) is 14.0. The summed E-state index contributed by atoms with van der Waals surface area (Å²) in [4.78, 5) is 12.4. The molecule has 2 aromatic rings. The van der Waals surface area contributed by atoms with Crippen molar-refractivity contribution in [2.24, 2.45) is 0 Å². The lowest BCUT2D eigenvalue weighted by molar-refractivity contribution is -0.122. The van der Waals surface area contributed by atoms with Gasteiger partial charge in [-0.2, -0.15) is 0 Å². The molecule has 0 saturated heterocycles. The second kappa shape index (κ2) is 8.41. The van der Waals surface area contributed by atoms with Gasteiger partial charge in [-0.3, -0.25) is 4.79 Å². The summed E-state index contributed by atoms with van der Waals surface area (Å²) in [5, 5.41) is 3.68. The number of amides is 1. The molecule has 0 aromatic heterocycles. The Bertz CT molecular complexity index is 718.